The van der Waals surface area contributed by atoms with Gasteiger partial charge in [-0.05, 0) is 86.9 Å². The predicted molar refractivity (Wildman–Crippen MR) is 130 cm³/mol. The number of rotatable bonds is 6. The molecule has 2 atom stereocenters. The number of nitrogens with one attached hydrogen (secondary N) is 1. The maximum Gasteiger partial charge on any atom is 0.174 e. The van der Waals surface area contributed by atoms with Gasteiger partial charge in [-0.25, -0.2) is 0 Å². The van der Waals surface area contributed by atoms with Crippen molar-refractivity contribution >= 4 is 23.0 Å². The maximum absolute atomic E-state index is 5.87. The van der Waals surface area contributed by atoms with Gasteiger partial charge in [-0.1, -0.05) is 12.1 Å². The van der Waals surface area contributed by atoms with Crippen molar-refractivity contribution in [1.82, 2.24) is 14.9 Å². The molecule has 0 amide bonds. The minimum atomic E-state index is -0.0355. The molecule has 0 aliphatic carbocycles. The Kier molecular flexibility index (Phi) is 6.12. The molecule has 5 nitrogen and oxygen atoms in total. The summed E-state index contributed by atoms with van der Waals surface area (Å²) in [6, 6.07) is 14.9. The third-order valence-electron chi connectivity index (χ3n) is 6.32. The van der Waals surface area contributed by atoms with Gasteiger partial charge in [-0.2, -0.15) is 0 Å². The number of pyridine rings is 1. The molecule has 3 aromatic rings. The summed E-state index contributed by atoms with van der Waals surface area (Å²) in [5.41, 5.74) is 8.34. The van der Waals surface area contributed by atoms with Gasteiger partial charge in [-0.3, -0.25) is 4.98 Å². The molecule has 1 N–H and O–H groups in total. The quantitative estimate of drug-likeness (QED) is 0.557. The molecule has 162 valence electrons. The molecule has 1 fully saturated rings. The van der Waals surface area contributed by atoms with E-state index in [4.69, 9.17) is 17.0 Å². The zero-order valence-corrected chi connectivity index (χ0v) is 19.7. The number of ether oxygens (including phenoxy) is 1. The lowest BCUT2D eigenvalue weighted by atomic mass is 9.96. The van der Waals surface area contributed by atoms with E-state index in [2.05, 4.69) is 77.8 Å². The van der Waals surface area contributed by atoms with Crippen LogP contribution in [0, 0.1) is 27.7 Å². The van der Waals surface area contributed by atoms with Gasteiger partial charge < -0.3 is 19.5 Å². The number of anilines is 1. The smallest absolute Gasteiger partial charge is 0.174 e. The van der Waals surface area contributed by atoms with Crippen LogP contribution < -0.4 is 10.2 Å². The van der Waals surface area contributed by atoms with Gasteiger partial charge in [0.15, 0.2) is 5.11 Å². The van der Waals surface area contributed by atoms with Gasteiger partial charge in [0, 0.05) is 36.9 Å². The summed E-state index contributed by atoms with van der Waals surface area (Å²) in [6.07, 6.45) is 1.84. The summed E-state index contributed by atoms with van der Waals surface area (Å²) in [7, 11) is 1.74. The van der Waals surface area contributed by atoms with E-state index in [9.17, 15) is 0 Å². The van der Waals surface area contributed by atoms with Crippen molar-refractivity contribution in [2.75, 3.05) is 18.6 Å². The molecule has 0 spiro atoms. The van der Waals surface area contributed by atoms with Crippen LogP contribution in [0.2, 0.25) is 0 Å². The molecular weight excluding hydrogens is 404 g/mol. The zero-order chi connectivity index (χ0) is 22.1. The van der Waals surface area contributed by atoms with Crippen LogP contribution in [-0.4, -0.2) is 28.4 Å². The number of methoxy groups -OCH3 is 1. The number of aromatic nitrogens is 2. The largest absolute Gasteiger partial charge is 0.383 e. The summed E-state index contributed by atoms with van der Waals surface area (Å²) < 4.78 is 7.67. The Bertz CT molecular complexity index is 1090. The lowest BCUT2D eigenvalue weighted by Crippen LogP contribution is -2.29. The molecule has 1 aromatic carbocycles. The molecule has 0 saturated carbocycles. The lowest BCUT2D eigenvalue weighted by molar-refractivity contribution is 0.186. The molecule has 0 bridgehead atoms. The summed E-state index contributed by atoms with van der Waals surface area (Å²) in [5.74, 6) is 0. The second-order valence-electron chi connectivity index (χ2n) is 8.24. The van der Waals surface area contributed by atoms with Gasteiger partial charge in [0.2, 0.25) is 0 Å². The molecule has 0 radical (unpaired) electrons. The highest BCUT2D eigenvalue weighted by molar-refractivity contribution is 7.80. The fourth-order valence-corrected chi connectivity index (χ4v) is 4.82. The molecular formula is C25H30N4OS. The van der Waals surface area contributed by atoms with Gasteiger partial charge in [0.05, 0.1) is 24.4 Å². The van der Waals surface area contributed by atoms with Crippen molar-refractivity contribution in [3.05, 3.63) is 82.4 Å². The van der Waals surface area contributed by atoms with Gasteiger partial charge in [0.1, 0.15) is 0 Å². The molecule has 1 aliphatic rings. The van der Waals surface area contributed by atoms with E-state index in [0.29, 0.717) is 6.61 Å². The second kappa shape index (κ2) is 8.81. The molecule has 1 saturated heterocycles. The van der Waals surface area contributed by atoms with Gasteiger partial charge in [-0.15, -0.1) is 0 Å². The van der Waals surface area contributed by atoms with Crippen LogP contribution in [-0.2, 0) is 11.3 Å². The minimum Gasteiger partial charge on any atom is -0.383 e. The summed E-state index contributed by atoms with van der Waals surface area (Å²) >= 11 is 5.87. The van der Waals surface area contributed by atoms with E-state index < -0.39 is 0 Å². The normalized spacial score (nSPS) is 18.5. The SMILES string of the molecule is COCCn1c(C)cc([C@@H]2[C@H](c3ccccn3)NC(=S)N2c2ccc(C)c(C)c2)c1C. The summed E-state index contributed by atoms with van der Waals surface area (Å²) in [6.45, 7) is 10.1. The standard InChI is InChI=1S/C25H30N4OS/c1-16-9-10-20(14-17(16)2)29-24(21-15-18(3)28(19(21)4)12-13-30-5)23(27-25(29)31)22-8-6-7-11-26-22/h6-11,14-15,23-24H,12-13H2,1-5H3,(H,27,31)/t23-,24+/m0/s1. The van der Waals surface area contributed by atoms with E-state index >= 15 is 0 Å². The summed E-state index contributed by atoms with van der Waals surface area (Å²) in [4.78, 5) is 6.92. The highest BCUT2D eigenvalue weighted by atomic mass is 32.1. The van der Waals surface area contributed by atoms with Crippen molar-refractivity contribution in [3.63, 3.8) is 0 Å². The highest BCUT2D eigenvalue weighted by Crippen LogP contribution is 2.43. The van der Waals surface area contributed by atoms with Crippen LogP contribution in [0.15, 0.2) is 48.7 Å². The van der Waals surface area contributed by atoms with E-state index in [1.54, 1.807) is 7.11 Å². The second-order valence-corrected chi connectivity index (χ2v) is 8.62. The van der Waals surface area contributed by atoms with Crippen molar-refractivity contribution in [3.8, 4) is 0 Å². The molecule has 1 aliphatic heterocycles. The molecule has 31 heavy (non-hydrogen) atoms. The van der Waals surface area contributed by atoms with Crippen LogP contribution in [0.5, 0.6) is 0 Å². The number of thiocarbonyl (C=S) groups is 1. The Morgan fingerprint density at radius 2 is 1.87 bits per heavy atom. The van der Waals surface area contributed by atoms with E-state index in [1.165, 1.54) is 28.1 Å². The third-order valence-corrected chi connectivity index (χ3v) is 6.63. The Morgan fingerprint density at radius 1 is 1.06 bits per heavy atom. The number of hydrogen-bond acceptors (Lipinski definition) is 3. The summed E-state index contributed by atoms with van der Waals surface area (Å²) in [5, 5.41) is 4.29. The Morgan fingerprint density at radius 3 is 2.55 bits per heavy atom. The van der Waals surface area contributed by atoms with E-state index in [-0.39, 0.29) is 12.1 Å². The van der Waals surface area contributed by atoms with E-state index in [1.807, 2.05) is 18.3 Å². The van der Waals surface area contributed by atoms with Gasteiger partial charge in [0.25, 0.3) is 0 Å². The predicted octanol–water partition coefficient (Wildman–Crippen LogP) is 4.94. The fourth-order valence-electron chi connectivity index (χ4n) is 4.48. The van der Waals surface area contributed by atoms with Crippen LogP contribution in [0.1, 0.15) is 45.9 Å². The molecule has 2 aromatic heterocycles. The number of hydrogen-bond donors (Lipinski definition) is 1. The van der Waals surface area contributed by atoms with Crippen LogP contribution in [0.3, 0.4) is 0 Å². The van der Waals surface area contributed by atoms with E-state index in [0.717, 1.165) is 23.0 Å². The number of benzene rings is 1. The van der Waals surface area contributed by atoms with Crippen LogP contribution in [0.25, 0.3) is 0 Å². The first-order valence-corrected chi connectivity index (χ1v) is 11.1. The van der Waals surface area contributed by atoms with Crippen molar-refractivity contribution < 1.29 is 4.74 Å². The first-order chi connectivity index (χ1) is 14.9. The van der Waals surface area contributed by atoms with Crippen LogP contribution in [0.4, 0.5) is 5.69 Å². The first-order valence-electron chi connectivity index (χ1n) is 10.7. The van der Waals surface area contributed by atoms with Crippen LogP contribution >= 0.6 is 12.2 Å². The molecule has 3 heterocycles. The fraction of sp³-hybridized carbons (Fsp3) is 0.360. The highest BCUT2D eigenvalue weighted by Gasteiger charge is 2.42. The molecule has 0 unspecified atom stereocenters. The van der Waals surface area contributed by atoms with Crippen molar-refractivity contribution in [1.29, 1.82) is 0 Å². The maximum atomic E-state index is 5.87. The van der Waals surface area contributed by atoms with Gasteiger partial charge >= 0.3 is 0 Å². The average molecular weight is 435 g/mol. The number of aryl methyl sites for hydroxylation is 3. The third kappa shape index (κ3) is 3.98. The Hall–Kier alpha value is -2.70. The zero-order valence-electron chi connectivity index (χ0n) is 18.8. The average Bonchev–Trinajstić information content (AvgIpc) is 3.25. The topological polar surface area (TPSA) is 42.3 Å². The Labute approximate surface area is 190 Å². The van der Waals surface area contributed by atoms with Crippen molar-refractivity contribution in [2.45, 2.75) is 46.3 Å². The Balaban J connectivity index is 1.85. The molecule has 6 heteroatoms. The van der Waals surface area contributed by atoms with Crippen molar-refractivity contribution in [2.24, 2.45) is 0 Å². The lowest BCUT2D eigenvalue weighted by Gasteiger charge is -2.28. The first kappa shape index (κ1) is 21.5. The minimum absolute atomic E-state index is 0.00648. The number of nitrogens with zero attached hydrogens (tertiary/aromatic N) is 3. The molecule has 4 rings (SSSR count). The monoisotopic (exact) mass is 434 g/mol.